The molecule has 1 aromatic carbocycles. The van der Waals surface area contributed by atoms with E-state index in [9.17, 15) is 0 Å². The SMILES string of the molecule is COCCN(C)C(CN)c1c(C)cccc1C. The Morgan fingerprint density at radius 2 is 1.88 bits per heavy atom. The van der Waals surface area contributed by atoms with Crippen molar-refractivity contribution in [3.63, 3.8) is 0 Å². The third-order valence-corrected chi connectivity index (χ3v) is 3.28. The van der Waals surface area contributed by atoms with Crippen LogP contribution in [0.1, 0.15) is 22.7 Å². The number of rotatable bonds is 6. The molecule has 0 aliphatic carbocycles. The van der Waals surface area contributed by atoms with E-state index < -0.39 is 0 Å². The zero-order chi connectivity index (χ0) is 12.8. The van der Waals surface area contributed by atoms with Crippen molar-refractivity contribution in [3.05, 3.63) is 34.9 Å². The molecular formula is C14H24N2O. The summed E-state index contributed by atoms with van der Waals surface area (Å²) >= 11 is 0. The fraction of sp³-hybridized carbons (Fsp3) is 0.571. The van der Waals surface area contributed by atoms with Gasteiger partial charge in [-0.2, -0.15) is 0 Å². The Morgan fingerprint density at radius 1 is 1.29 bits per heavy atom. The molecular weight excluding hydrogens is 212 g/mol. The standard InChI is InChI=1S/C14H24N2O/c1-11-6-5-7-12(2)14(11)13(10-15)16(3)8-9-17-4/h5-7,13H,8-10,15H2,1-4H3. The van der Waals surface area contributed by atoms with Gasteiger partial charge in [-0.3, -0.25) is 4.90 Å². The number of nitrogens with zero attached hydrogens (tertiary/aromatic N) is 1. The Labute approximate surface area is 105 Å². The molecule has 0 heterocycles. The minimum Gasteiger partial charge on any atom is -0.383 e. The maximum absolute atomic E-state index is 5.93. The van der Waals surface area contributed by atoms with Crippen LogP contribution < -0.4 is 5.73 Å². The van der Waals surface area contributed by atoms with Gasteiger partial charge < -0.3 is 10.5 Å². The molecule has 0 saturated heterocycles. The second-order valence-corrected chi connectivity index (χ2v) is 4.53. The first-order valence-corrected chi connectivity index (χ1v) is 6.07. The zero-order valence-corrected chi connectivity index (χ0v) is 11.4. The van der Waals surface area contributed by atoms with Gasteiger partial charge >= 0.3 is 0 Å². The van der Waals surface area contributed by atoms with Gasteiger partial charge in [0.2, 0.25) is 0 Å². The first-order chi connectivity index (χ1) is 8.11. The van der Waals surface area contributed by atoms with E-state index in [-0.39, 0.29) is 6.04 Å². The molecule has 1 rings (SSSR count). The Hall–Kier alpha value is -0.900. The van der Waals surface area contributed by atoms with Gasteiger partial charge in [-0.25, -0.2) is 0 Å². The third kappa shape index (κ3) is 3.53. The molecule has 3 heteroatoms. The number of hydrogen-bond acceptors (Lipinski definition) is 3. The molecule has 1 unspecified atom stereocenters. The van der Waals surface area contributed by atoms with E-state index >= 15 is 0 Å². The third-order valence-electron chi connectivity index (χ3n) is 3.28. The minimum absolute atomic E-state index is 0.270. The average molecular weight is 236 g/mol. The van der Waals surface area contributed by atoms with Crippen LogP contribution in [0.3, 0.4) is 0 Å². The van der Waals surface area contributed by atoms with Crippen LogP contribution in [0.2, 0.25) is 0 Å². The number of likely N-dealkylation sites (N-methyl/N-ethyl adjacent to an activating group) is 1. The van der Waals surface area contributed by atoms with E-state index in [1.165, 1.54) is 16.7 Å². The van der Waals surface area contributed by atoms with E-state index in [1.54, 1.807) is 7.11 Å². The van der Waals surface area contributed by atoms with Crippen LogP contribution in [-0.4, -0.2) is 38.8 Å². The van der Waals surface area contributed by atoms with Crippen LogP contribution >= 0.6 is 0 Å². The number of hydrogen-bond donors (Lipinski definition) is 1. The molecule has 1 aromatic rings. The molecule has 0 amide bonds. The van der Waals surface area contributed by atoms with Gasteiger partial charge in [0.05, 0.1) is 6.61 Å². The molecule has 96 valence electrons. The number of nitrogens with two attached hydrogens (primary N) is 1. The van der Waals surface area contributed by atoms with Crippen LogP contribution in [0.25, 0.3) is 0 Å². The maximum atomic E-state index is 5.93. The van der Waals surface area contributed by atoms with Crippen molar-refractivity contribution in [2.24, 2.45) is 5.73 Å². The minimum atomic E-state index is 0.270. The lowest BCUT2D eigenvalue weighted by Gasteiger charge is -2.29. The van der Waals surface area contributed by atoms with Gasteiger partial charge in [-0.15, -0.1) is 0 Å². The predicted octanol–water partition coefficient (Wildman–Crippen LogP) is 1.88. The zero-order valence-electron chi connectivity index (χ0n) is 11.4. The van der Waals surface area contributed by atoms with Gasteiger partial charge in [0.1, 0.15) is 0 Å². The maximum Gasteiger partial charge on any atom is 0.0589 e. The largest absolute Gasteiger partial charge is 0.383 e. The van der Waals surface area contributed by atoms with Crippen molar-refractivity contribution in [3.8, 4) is 0 Å². The fourth-order valence-electron chi connectivity index (χ4n) is 2.26. The lowest BCUT2D eigenvalue weighted by molar-refractivity contribution is 0.140. The summed E-state index contributed by atoms with van der Waals surface area (Å²) < 4.78 is 5.12. The summed E-state index contributed by atoms with van der Waals surface area (Å²) in [6.45, 7) is 6.56. The van der Waals surface area contributed by atoms with E-state index in [0.717, 1.165) is 13.2 Å². The summed E-state index contributed by atoms with van der Waals surface area (Å²) in [6.07, 6.45) is 0. The van der Waals surface area contributed by atoms with Gasteiger partial charge in [0.15, 0.2) is 0 Å². The molecule has 0 aromatic heterocycles. The molecule has 0 fully saturated rings. The van der Waals surface area contributed by atoms with Gasteiger partial charge in [-0.05, 0) is 37.6 Å². The van der Waals surface area contributed by atoms with Crippen LogP contribution in [0.15, 0.2) is 18.2 Å². The summed E-state index contributed by atoms with van der Waals surface area (Å²) in [7, 11) is 3.83. The smallest absolute Gasteiger partial charge is 0.0589 e. The Kier molecular flexibility index (Phi) is 5.62. The molecule has 0 bridgehead atoms. The monoisotopic (exact) mass is 236 g/mol. The molecule has 0 aliphatic heterocycles. The van der Waals surface area contributed by atoms with Crippen LogP contribution in [-0.2, 0) is 4.74 Å². The summed E-state index contributed by atoms with van der Waals surface area (Å²) in [5.74, 6) is 0. The summed E-state index contributed by atoms with van der Waals surface area (Å²) in [6, 6.07) is 6.66. The second-order valence-electron chi connectivity index (χ2n) is 4.53. The van der Waals surface area contributed by atoms with Gasteiger partial charge in [0, 0.05) is 26.2 Å². The number of ether oxygens (including phenoxy) is 1. The highest BCUT2D eigenvalue weighted by molar-refractivity contribution is 5.36. The van der Waals surface area contributed by atoms with Crippen molar-refractivity contribution in [2.75, 3.05) is 33.9 Å². The van der Waals surface area contributed by atoms with Crippen molar-refractivity contribution in [2.45, 2.75) is 19.9 Å². The molecule has 2 N–H and O–H groups in total. The summed E-state index contributed by atoms with van der Waals surface area (Å²) in [4.78, 5) is 2.26. The van der Waals surface area contributed by atoms with Gasteiger partial charge in [-0.1, -0.05) is 18.2 Å². The first-order valence-electron chi connectivity index (χ1n) is 6.07. The Balaban J connectivity index is 2.93. The molecule has 1 atom stereocenters. The van der Waals surface area contributed by atoms with Crippen LogP contribution in [0, 0.1) is 13.8 Å². The topological polar surface area (TPSA) is 38.5 Å². The van der Waals surface area contributed by atoms with Crippen molar-refractivity contribution in [1.82, 2.24) is 4.90 Å². The van der Waals surface area contributed by atoms with E-state index in [2.05, 4.69) is 44.0 Å². The van der Waals surface area contributed by atoms with Gasteiger partial charge in [0.25, 0.3) is 0 Å². The lowest BCUT2D eigenvalue weighted by Crippen LogP contribution is -2.33. The average Bonchev–Trinajstić information content (AvgIpc) is 2.31. The van der Waals surface area contributed by atoms with E-state index in [1.807, 2.05) is 0 Å². The quantitative estimate of drug-likeness (QED) is 0.819. The summed E-state index contributed by atoms with van der Waals surface area (Å²) in [5.41, 5.74) is 9.91. The number of methoxy groups -OCH3 is 1. The first kappa shape index (κ1) is 14.2. The van der Waals surface area contributed by atoms with Crippen molar-refractivity contribution < 1.29 is 4.74 Å². The highest BCUT2D eigenvalue weighted by Crippen LogP contribution is 2.25. The molecule has 0 saturated carbocycles. The summed E-state index contributed by atoms with van der Waals surface area (Å²) in [5, 5.41) is 0. The Morgan fingerprint density at radius 3 is 2.35 bits per heavy atom. The molecule has 17 heavy (non-hydrogen) atoms. The number of benzene rings is 1. The van der Waals surface area contributed by atoms with Crippen molar-refractivity contribution >= 4 is 0 Å². The Bertz CT molecular complexity index is 332. The lowest BCUT2D eigenvalue weighted by atomic mass is 9.95. The normalized spacial score (nSPS) is 13.1. The molecule has 0 radical (unpaired) electrons. The van der Waals surface area contributed by atoms with Crippen molar-refractivity contribution in [1.29, 1.82) is 0 Å². The van der Waals surface area contributed by atoms with Crippen LogP contribution in [0.4, 0.5) is 0 Å². The number of aryl methyl sites for hydroxylation is 2. The highest BCUT2D eigenvalue weighted by atomic mass is 16.5. The molecule has 0 spiro atoms. The second kappa shape index (κ2) is 6.74. The molecule has 3 nitrogen and oxygen atoms in total. The van der Waals surface area contributed by atoms with E-state index in [4.69, 9.17) is 10.5 Å². The fourth-order valence-corrected chi connectivity index (χ4v) is 2.26. The van der Waals surface area contributed by atoms with E-state index in [0.29, 0.717) is 6.54 Å². The molecule has 0 aliphatic rings. The predicted molar refractivity (Wildman–Crippen MR) is 72.2 cm³/mol. The van der Waals surface area contributed by atoms with Crippen LogP contribution in [0.5, 0.6) is 0 Å². The highest BCUT2D eigenvalue weighted by Gasteiger charge is 2.18.